The van der Waals surface area contributed by atoms with Gasteiger partial charge >= 0.3 is 12.0 Å². The molecule has 1 aliphatic rings. The molecule has 0 bridgehead atoms. The Balaban J connectivity index is 1.74. The number of ketones is 1. The first-order chi connectivity index (χ1) is 11.5. The minimum atomic E-state index is -0.565. The van der Waals surface area contributed by atoms with Gasteiger partial charge in [-0.3, -0.25) is 19.3 Å². The zero-order valence-electron chi connectivity index (χ0n) is 13.2. The van der Waals surface area contributed by atoms with Crippen LogP contribution in [0.3, 0.4) is 0 Å². The normalized spacial score (nSPS) is 13.6. The van der Waals surface area contributed by atoms with Gasteiger partial charge in [0.1, 0.15) is 5.75 Å². The molecule has 0 unspecified atom stereocenters. The van der Waals surface area contributed by atoms with Crippen LogP contribution in [0.25, 0.3) is 0 Å². The minimum Gasteiger partial charge on any atom is -0.496 e. The van der Waals surface area contributed by atoms with Crippen molar-refractivity contribution in [2.24, 2.45) is 0 Å². The first kappa shape index (κ1) is 17.5. The summed E-state index contributed by atoms with van der Waals surface area (Å²) in [4.78, 5) is 47.4. The number of rotatable bonds is 8. The first-order valence-electron chi connectivity index (χ1n) is 7.43. The van der Waals surface area contributed by atoms with Gasteiger partial charge in [0, 0.05) is 13.0 Å². The molecule has 2 rings (SSSR count). The van der Waals surface area contributed by atoms with E-state index in [1.807, 2.05) is 0 Å². The molecule has 1 heterocycles. The van der Waals surface area contributed by atoms with Gasteiger partial charge in [-0.2, -0.15) is 0 Å². The van der Waals surface area contributed by atoms with Crippen LogP contribution in [0.5, 0.6) is 5.75 Å². The monoisotopic (exact) mass is 334 g/mol. The van der Waals surface area contributed by atoms with Crippen molar-refractivity contribution in [1.29, 1.82) is 0 Å². The highest BCUT2D eigenvalue weighted by Crippen LogP contribution is 2.17. The van der Waals surface area contributed by atoms with Gasteiger partial charge < -0.3 is 14.8 Å². The van der Waals surface area contributed by atoms with Crippen LogP contribution in [0.1, 0.15) is 23.2 Å². The number of nitrogens with zero attached hydrogens (tertiary/aromatic N) is 1. The highest BCUT2D eigenvalue weighted by Gasteiger charge is 2.27. The molecular formula is C16H18N2O6. The maximum Gasteiger partial charge on any atom is 0.324 e. The van der Waals surface area contributed by atoms with Crippen molar-refractivity contribution in [1.82, 2.24) is 10.2 Å². The van der Waals surface area contributed by atoms with Gasteiger partial charge in [0.2, 0.25) is 11.7 Å². The highest BCUT2D eigenvalue weighted by molar-refractivity contribution is 6.02. The van der Waals surface area contributed by atoms with Crippen molar-refractivity contribution in [2.75, 3.05) is 26.8 Å². The van der Waals surface area contributed by atoms with Crippen LogP contribution in [-0.4, -0.2) is 55.4 Å². The second-order valence-corrected chi connectivity index (χ2v) is 5.09. The van der Waals surface area contributed by atoms with Crippen LogP contribution in [0.15, 0.2) is 24.3 Å². The lowest BCUT2D eigenvalue weighted by molar-refractivity contribution is -0.142. The summed E-state index contributed by atoms with van der Waals surface area (Å²) < 4.78 is 10.0. The number of para-hydroxylation sites is 1. The number of ether oxygens (including phenoxy) is 2. The predicted molar refractivity (Wildman–Crippen MR) is 82.6 cm³/mol. The van der Waals surface area contributed by atoms with Crippen molar-refractivity contribution in [3.05, 3.63) is 29.8 Å². The van der Waals surface area contributed by atoms with E-state index in [0.29, 0.717) is 11.3 Å². The van der Waals surface area contributed by atoms with Crippen LogP contribution >= 0.6 is 0 Å². The quantitative estimate of drug-likeness (QED) is 0.428. The fourth-order valence-electron chi connectivity index (χ4n) is 2.23. The van der Waals surface area contributed by atoms with Crippen LogP contribution in [0.4, 0.5) is 4.79 Å². The van der Waals surface area contributed by atoms with E-state index >= 15 is 0 Å². The Bertz CT molecular complexity index is 642. The standard InChI is InChI=1S/C16H18N2O6/c1-23-13-6-3-2-5-11(13)12(19)10-24-15(21)7-4-8-18-14(20)9-17-16(18)22/h2-3,5-6H,4,7-10H2,1H3,(H,17,22). The second kappa shape index (κ2) is 8.09. The number of esters is 1. The highest BCUT2D eigenvalue weighted by atomic mass is 16.5. The molecule has 0 aliphatic carbocycles. The van der Waals surface area contributed by atoms with E-state index in [2.05, 4.69) is 5.32 Å². The number of methoxy groups -OCH3 is 1. The number of carbonyl (C=O) groups is 4. The lowest BCUT2D eigenvalue weighted by atomic mass is 10.1. The summed E-state index contributed by atoms with van der Waals surface area (Å²) in [5, 5.41) is 2.39. The van der Waals surface area contributed by atoms with Gasteiger partial charge in [-0.15, -0.1) is 0 Å². The number of amides is 3. The molecule has 1 N–H and O–H groups in total. The van der Waals surface area contributed by atoms with E-state index in [0.717, 1.165) is 4.90 Å². The largest absolute Gasteiger partial charge is 0.496 e. The number of hydrogen-bond acceptors (Lipinski definition) is 6. The first-order valence-corrected chi connectivity index (χ1v) is 7.43. The Morgan fingerprint density at radius 1 is 1.25 bits per heavy atom. The molecule has 8 nitrogen and oxygen atoms in total. The summed E-state index contributed by atoms with van der Waals surface area (Å²) in [5.74, 6) is -0.836. The average Bonchev–Trinajstić information content (AvgIpc) is 2.91. The molecule has 1 saturated heterocycles. The number of imide groups is 1. The lowest BCUT2D eigenvalue weighted by Gasteiger charge is -2.11. The summed E-state index contributed by atoms with van der Waals surface area (Å²) in [5.41, 5.74) is 0.340. The fraction of sp³-hybridized carbons (Fsp3) is 0.375. The van der Waals surface area contributed by atoms with Crippen molar-refractivity contribution in [3.63, 3.8) is 0 Å². The number of benzene rings is 1. The number of carbonyl (C=O) groups excluding carboxylic acids is 4. The van der Waals surface area contributed by atoms with E-state index in [9.17, 15) is 19.2 Å². The van der Waals surface area contributed by atoms with Gasteiger partial charge in [0.05, 0.1) is 19.2 Å². The summed E-state index contributed by atoms with van der Waals surface area (Å²) in [6.07, 6.45) is 0.289. The van der Waals surface area contributed by atoms with Gasteiger partial charge in [-0.25, -0.2) is 4.79 Å². The molecule has 0 saturated carbocycles. The zero-order valence-corrected chi connectivity index (χ0v) is 13.2. The number of Topliss-reactive ketones (excluding diaryl/α,β-unsaturated/α-hetero) is 1. The summed E-state index contributed by atoms with van der Waals surface area (Å²) >= 11 is 0. The average molecular weight is 334 g/mol. The van der Waals surface area contributed by atoms with Crippen LogP contribution < -0.4 is 10.1 Å². The Morgan fingerprint density at radius 3 is 2.67 bits per heavy atom. The number of nitrogens with one attached hydrogen (secondary N) is 1. The maximum atomic E-state index is 12.0. The lowest BCUT2D eigenvalue weighted by Crippen LogP contribution is -2.32. The molecule has 0 radical (unpaired) electrons. The topological polar surface area (TPSA) is 102 Å². The second-order valence-electron chi connectivity index (χ2n) is 5.09. The summed E-state index contributed by atoms with van der Waals surface area (Å²) in [7, 11) is 1.45. The van der Waals surface area contributed by atoms with E-state index in [1.54, 1.807) is 24.3 Å². The summed E-state index contributed by atoms with van der Waals surface area (Å²) in [6, 6.07) is 6.20. The molecule has 8 heteroatoms. The van der Waals surface area contributed by atoms with Gasteiger partial charge in [-0.05, 0) is 18.6 Å². The van der Waals surface area contributed by atoms with Gasteiger partial charge in [0.25, 0.3) is 0 Å². The SMILES string of the molecule is COc1ccccc1C(=O)COC(=O)CCCN1C(=O)CNC1=O. The predicted octanol–water partition coefficient (Wildman–Crippen LogP) is 0.753. The molecule has 1 aromatic carbocycles. The third-order valence-corrected chi connectivity index (χ3v) is 3.47. The molecule has 0 spiro atoms. The zero-order chi connectivity index (χ0) is 17.5. The van der Waals surface area contributed by atoms with E-state index in [1.165, 1.54) is 7.11 Å². The Kier molecular flexibility index (Phi) is 5.89. The van der Waals surface area contributed by atoms with Crippen molar-refractivity contribution >= 4 is 23.7 Å². The van der Waals surface area contributed by atoms with E-state index in [-0.39, 0.29) is 44.2 Å². The van der Waals surface area contributed by atoms with Crippen molar-refractivity contribution in [2.45, 2.75) is 12.8 Å². The molecular weight excluding hydrogens is 316 g/mol. The molecule has 24 heavy (non-hydrogen) atoms. The summed E-state index contributed by atoms with van der Waals surface area (Å²) in [6.45, 7) is -0.265. The molecule has 0 aromatic heterocycles. The fourth-order valence-corrected chi connectivity index (χ4v) is 2.23. The van der Waals surface area contributed by atoms with Crippen LogP contribution in [0, 0.1) is 0 Å². The number of hydrogen-bond donors (Lipinski definition) is 1. The molecule has 1 aromatic rings. The van der Waals surface area contributed by atoms with E-state index < -0.39 is 12.0 Å². The third kappa shape index (κ3) is 4.31. The molecule has 1 aliphatic heterocycles. The minimum absolute atomic E-state index is 0.0102. The smallest absolute Gasteiger partial charge is 0.324 e. The Hall–Kier alpha value is -2.90. The van der Waals surface area contributed by atoms with Crippen LogP contribution in [-0.2, 0) is 14.3 Å². The maximum absolute atomic E-state index is 12.0. The number of urea groups is 1. The Morgan fingerprint density at radius 2 is 2.00 bits per heavy atom. The van der Waals surface area contributed by atoms with Crippen molar-refractivity contribution in [3.8, 4) is 5.75 Å². The van der Waals surface area contributed by atoms with Crippen molar-refractivity contribution < 1.29 is 28.7 Å². The molecule has 3 amide bonds. The van der Waals surface area contributed by atoms with E-state index in [4.69, 9.17) is 9.47 Å². The van der Waals surface area contributed by atoms with Crippen LogP contribution in [0.2, 0.25) is 0 Å². The third-order valence-electron chi connectivity index (χ3n) is 3.47. The molecule has 0 atom stereocenters. The van der Waals surface area contributed by atoms with Gasteiger partial charge in [-0.1, -0.05) is 12.1 Å². The molecule has 128 valence electrons. The van der Waals surface area contributed by atoms with Gasteiger partial charge in [0.15, 0.2) is 6.61 Å². The molecule has 1 fully saturated rings. The Labute approximate surface area is 138 Å².